The molecule has 0 saturated carbocycles. The standard InChI is InChI=1S/C11H11ClO5/c1-5-8(9(13)11(14)15)6(12)4-7(16-2)10(5)17-3/h4H,1-3H3,(H,14,15). The Kier molecular flexibility index (Phi) is 3.96. The fraction of sp³-hybridized carbons (Fsp3) is 0.273. The zero-order chi connectivity index (χ0) is 13.2. The highest BCUT2D eigenvalue weighted by Gasteiger charge is 2.25. The number of halogens is 1. The van der Waals surface area contributed by atoms with Crippen LogP contribution in [0.1, 0.15) is 15.9 Å². The Bertz CT molecular complexity index is 481. The van der Waals surface area contributed by atoms with Crippen LogP contribution in [-0.2, 0) is 4.79 Å². The molecule has 6 heteroatoms. The number of carboxylic acids is 1. The van der Waals surface area contributed by atoms with Gasteiger partial charge in [-0.2, -0.15) is 0 Å². The molecule has 92 valence electrons. The number of methoxy groups -OCH3 is 2. The summed E-state index contributed by atoms with van der Waals surface area (Å²) in [6.45, 7) is 1.55. The minimum atomic E-state index is -1.57. The number of rotatable bonds is 4. The van der Waals surface area contributed by atoms with Gasteiger partial charge in [0.2, 0.25) is 0 Å². The van der Waals surface area contributed by atoms with Gasteiger partial charge in [0.25, 0.3) is 5.78 Å². The molecule has 0 spiro atoms. The molecule has 0 amide bonds. The molecule has 1 N–H and O–H groups in total. The topological polar surface area (TPSA) is 72.8 Å². The number of carboxylic acid groups (broad SMARTS) is 1. The smallest absolute Gasteiger partial charge is 0.377 e. The molecular weight excluding hydrogens is 248 g/mol. The molecule has 0 aliphatic rings. The molecule has 1 aromatic rings. The van der Waals surface area contributed by atoms with Gasteiger partial charge in [-0.15, -0.1) is 0 Å². The number of ether oxygens (including phenoxy) is 2. The van der Waals surface area contributed by atoms with Crippen molar-refractivity contribution in [2.45, 2.75) is 6.92 Å². The van der Waals surface area contributed by atoms with Gasteiger partial charge >= 0.3 is 5.97 Å². The van der Waals surface area contributed by atoms with Crippen LogP contribution in [0, 0.1) is 6.92 Å². The maximum Gasteiger partial charge on any atom is 0.377 e. The van der Waals surface area contributed by atoms with Gasteiger partial charge in [-0.3, -0.25) is 4.79 Å². The highest BCUT2D eigenvalue weighted by Crippen LogP contribution is 2.37. The third-order valence-corrected chi connectivity index (χ3v) is 2.58. The molecule has 0 saturated heterocycles. The van der Waals surface area contributed by atoms with Crippen molar-refractivity contribution in [2.75, 3.05) is 14.2 Å². The predicted molar refractivity (Wildman–Crippen MR) is 61.3 cm³/mol. The molecule has 0 atom stereocenters. The van der Waals surface area contributed by atoms with Crippen LogP contribution >= 0.6 is 11.6 Å². The maximum atomic E-state index is 11.5. The number of Topliss-reactive ketones (excluding diaryl/α,β-unsaturated/α-hetero) is 1. The number of hydrogen-bond donors (Lipinski definition) is 1. The van der Waals surface area contributed by atoms with E-state index in [-0.39, 0.29) is 10.6 Å². The van der Waals surface area contributed by atoms with E-state index >= 15 is 0 Å². The Morgan fingerprint density at radius 2 is 1.88 bits per heavy atom. The Morgan fingerprint density at radius 3 is 2.29 bits per heavy atom. The summed E-state index contributed by atoms with van der Waals surface area (Å²) in [5.74, 6) is -2.01. The van der Waals surface area contributed by atoms with Crippen LogP contribution in [0.5, 0.6) is 11.5 Å². The first kappa shape index (κ1) is 13.3. The summed E-state index contributed by atoms with van der Waals surface area (Å²) < 4.78 is 10.1. The Hall–Kier alpha value is -1.75. The molecule has 0 aromatic heterocycles. The van der Waals surface area contributed by atoms with Crippen LogP contribution in [0.15, 0.2) is 6.07 Å². The lowest BCUT2D eigenvalue weighted by molar-refractivity contribution is -0.131. The zero-order valence-corrected chi connectivity index (χ0v) is 10.3. The second-order valence-corrected chi connectivity index (χ2v) is 3.64. The molecular formula is C11H11ClO5. The summed E-state index contributed by atoms with van der Waals surface area (Å²) in [5.41, 5.74) is 0.251. The van der Waals surface area contributed by atoms with E-state index in [4.69, 9.17) is 26.2 Å². The molecule has 5 nitrogen and oxygen atoms in total. The van der Waals surface area contributed by atoms with E-state index in [0.717, 1.165) is 0 Å². The van der Waals surface area contributed by atoms with E-state index in [9.17, 15) is 9.59 Å². The molecule has 0 bridgehead atoms. The van der Waals surface area contributed by atoms with Gasteiger partial charge in [0, 0.05) is 11.6 Å². The normalized spacial score (nSPS) is 9.88. The molecule has 1 rings (SSSR count). The largest absolute Gasteiger partial charge is 0.493 e. The lowest BCUT2D eigenvalue weighted by Gasteiger charge is -2.14. The summed E-state index contributed by atoms with van der Waals surface area (Å²) in [4.78, 5) is 22.2. The van der Waals surface area contributed by atoms with E-state index in [0.29, 0.717) is 17.1 Å². The number of ketones is 1. The van der Waals surface area contributed by atoms with Crippen molar-refractivity contribution in [3.63, 3.8) is 0 Å². The van der Waals surface area contributed by atoms with Crippen LogP contribution in [0.25, 0.3) is 0 Å². The second kappa shape index (κ2) is 5.05. The lowest BCUT2D eigenvalue weighted by atomic mass is 10.0. The minimum Gasteiger partial charge on any atom is -0.493 e. The molecule has 0 heterocycles. The first-order valence-corrected chi connectivity index (χ1v) is 5.00. The molecule has 0 aliphatic carbocycles. The highest BCUT2D eigenvalue weighted by molar-refractivity contribution is 6.45. The number of hydrogen-bond acceptors (Lipinski definition) is 4. The van der Waals surface area contributed by atoms with Gasteiger partial charge < -0.3 is 14.6 Å². The summed E-state index contributed by atoms with van der Waals surface area (Å²) in [6.07, 6.45) is 0. The van der Waals surface area contributed by atoms with Gasteiger partial charge in [-0.1, -0.05) is 11.6 Å². The average molecular weight is 259 g/mol. The highest BCUT2D eigenvalue weighted by atomic mass is 35.5. The monoisotopic (exact) mass is 258 g/mol. The minimum absolute atomic E-state index is 0.0209. The molecule has 1 aromatic carbocycles. The zero-order valence-electron chi connectivity index (χ0n) is 9.54. The van der Waals surface area contributed by atoms with Crippen molar-refractivity contribution < 1.29 is 24.2 Å². The van der Waals surface area contributed by atoms with Gasteiger partial charge in [-0.05, 0) is 6.92 Å². The van der Waals surface area contributed by atoms with Crippen LogP contribution in [0.3, 0.4) is 0 Å². The summed E-state index contributed by atoms with van der Waals surface area (Å²) in [7, 11) is 2.82. The van der Waals surface area contributed by atoms with E-state index < -0.39 is 11.8 Å². The fourth-order valence-corrected chi connectivity index (χ4v) is 1.85. The molecule has 0 unspecified atom stereocenters. The Labute approximate surface area is 103 Å². The average Bonchev–Trinajstić information content (AvgIpc) is 2.27. The van der Waals surface area contributed by atoms with Gasteiger partial charge in [-0.25, -0.2) is 4.79 Å². The number of benzene rings is 1. The van der Waals surface area contributed by atoms with Crippen LogP contribution in [0.2, 0.25) is 5.02 Å². The van der Waals surface area contributed by atoms with Crippen molar-refractivity contribution in [2.24, 2.45) is 0 Å². The lowest BCUT2D eigenvalue weighted by Crippen LogP contribution is -2.15. The van der Waals surface area contributed by atoms with Gasteiger partial charge in [0.05, 0.1) is 24.8 Å². The van der Waals surface area contributed by atoms with Crippen molar-refractivity contribution in [1.29, 1.82) is 0 Å². The van der Waals surface area contributed by atoms with Crippen LogP contribution in [0.4, 0.5) is 0 Å². The van der Waals surface area contributed by atoms with Crippen molar-refractivity contribution in [3.8, 4) is 11.5 Å². The Morgan fingerprint density at radius 1 is 1.29 bits per heavy atom. The third-order valence-electron chi connectivity index (χ3n) is 2.28. The molecule has 17 heavy (non-hydrogen) atoms. The Balaban J connectivity index is 3.52. The van der Waals surface area contributed by atoms with Crippen LogP contribution < -0.4 is 9.47 Å². The number of aliphatic carboxylic acids is 1. The number of carbonyl (C=O) groups excluding carboxylic acids is 1. The van der Waals surface area contributed by atoms with Crippen molar-refractivity contribution in [3.05, 3.63) is 22.2 Å². The van der Waals surface area contributed by atoms with E-state index in [1.54, 1.807) is 6.92 Å². The summed E-state index contributed by atoms with van der Waals surface area (Å²) in [6, 6.07) is 1.35. The molecule has 0 fully saturated rings. The predicted octanol–water partition coefficient (Wildman–Crippen LogP) is 1.93. The molecule has 0 radical (unpaired) electrons. The maximum absolute atomic E-state index is 11.5. The van der Waals surface area contributed by atoms with Gasteiger partial charge in [0.15, 0.2) is 11.5 Å². The first-order valence-electron chi connectivity index (χ1n) is 4.62. The van der Waals surface area contributed by atoms with Gasteiger partial charge in [0.1, 0.15) is 0 Å². The first-order chi connectivity index (χ1) is 7.93. The van der Waals surface area contributed by atoms with E-state index in [1.165, 1.54) is 20.3 Å². The van der Waals surface area contributed by atoms with E-state index in [2.05, 4.69) is 0 Å². The van der Waals surface area contributed by atoms with E-state index in [1.807, 2.05) is 0 Å². The van der Waals surface area contributed by atoms with Crippen LogP contribution in [-0.4, -0.2) is 31.1 Å². The molecule has 0 aliphatic heterocycles. The second-order valence-electron chi connectivity index (χ2n) is 3.23. The number of carbonyl (C=O) groups is 2. The third kappa shape index (κ3) is 2.34. The van der Waals surface area contributed by atoms with Crippen molar-refractivity contribution >= 4 is 23.4 Å². The SMILES string of the molecule is COc1cc(Cl)c(C(=O)C(=O)O)c(C)c1OC. The summed E-state index contributed by atoms with van der Waals surface area (Å²) in [5, 5.41) is 8.72. The summed E-state index contributed by atoms with van der Waals surface area (Å²) >= 11 is 5.86. The quantitative estimate of drug-likeness (QED) is 0.660. The fourth-order valence-electron chi connectivity index (χ4n) is 1.52. The van der Waals surface area contributed by atoms with Crippen molar-refractivity contribution in [1.82, 2.24) is 0 Å².